The first-order valence-corrected chi connectivity index (χ1v) is 6.33. The highest BCUT2D eigenvalue weighted by Gasteiger charge is 2.30. The van der Waals surface area contributed by atoms with E-state index in [4.69, 9.17) is 13.6 Å². The van der Waals surface area contributed by atoms with E-state index in [0.717, 1.165) is 12.1 Å². The molecular weight excluding hydrogens is 270 g/mol. The van der Waals surface area contributed by atoms with Crippen LogP contribution in [0, 0.1) is 0 Å². The molecular formula is C10H13F3NO3P. The molecule has 0 aliphatic rings. The second-order valence-electron chi connectivity index (χ2n) is 3.16. The Labute approximate surface area is 103 Å². The van der Waals surface area contributed by atoms with Gasteiger partial charge in [-0.3, -0.25) is 0 Å². The van der Waals surface area contributed by atoms with E-state index in [-0.39, 0.29) is 0 Å². The predicted octanol–water partition coefficient (Wildman–Crippen LogP) is 4.22. The molecule has 1 aromatic rings. The molecule has 1 aromatic carbocycles. The van der Waals surface area contributed by atoms with Crippen molar-refractivity contribution in [2.24, 2.45) is 4.74 Å². The number of alkyl halides is 3. The standard InChI is InChI=1S/C10H13F3NO3P/c1-15-18(16-2,17-3)14-9-6-4-8(5-7-9)10(11,12)13/h4-7H,1-3H3. The quantitative estimate of drug-likeness (QED) is 0.776. The van der Waals surface area contributed by atoms with Crippen molar-refractivity contribution in [2.45, 2.75) is 6.18 Å². The zero-order valence-electron chi connectivity index (χ0n) is 10.1. The van der Waals surface area contributed by atoms with E-state index in [2.05, 4.69) is 4.74 Å². The van der Waals surface area contributed by atoms with Gasteiger partial charge in [-0.1, -0.05) is 0 Å². The molecule has 18 heavy (non-hydrogen) atoms. The molecule has 8 heteroatoms. The van der Waals surface area contributed by atoms with Crippen LogP contribution in [0.3, 0.4) is 0 Å². The number of nitrogens with zero attached hydrogens (tertiary/aromatic N) is 1. The first kappa shape index (κ1) is 15.2. The molecule has 0 amide bonds. The van der Waals surface area contributed by atoms with Crippen LogP contribution in [-0.2, 0) is 19.7 Å². The molecule has 0 spiro atoms. The van der Waals surface area contributed by atoms with Crippen molar-refractivity contribution in [3.63, 3.8) is 0 Å². The molecule has 0 atom stereocenters. The minimum Gasteiger partial charge on any atom is -0.306 e. The molecule has 0 saturated carbocycles. The highest BCUT2D eigenvalue weighted by Crippen LogP contribution is 2.53. The number of rotatable bonds is 4. The van der Waals surface area contributed by atoms with Crippen molar-refractivity contribution in [1.82, 2.24) is 0 Å². The van der Waals surface area contributed by atoms with Crippen LogP contribution < -0.4 is 0 Å². The largest absolute Gasteiger partial charge is 0.416 e. The average Bonchev–Trinajstić information content (AvgIpc) is 2.36. The Morgan fingerprint density at radius 1 is 0.944 bits per heavy atom. The first-order chi connectivity index (χ1) is 8.37. The Balaban J connectivity index is 3.09. The van der Waals surface area contributed by atoms with Gasteiger partial charge in [-0.15, -0.1) is 0 Å². The molecule has 0 radical (unpaired) electrons. The summed E-state index contributed by atoms with van der Waals surface area (Å²) in [6, 6.07) is 4.34. The van der Waals surface area contributed by atoms with Crippen LogP contribution in [-0.4, -0.2) is 21.3 Å². The fourth-order valence-electron chi connectivity index (χ4n) is 1.20. The highest BCUT2D eigenvalue weighted by molar-refractivity contribution is 7.51. The first-order valence-electron chi connectivity index (χ1n) is 4.83. The predicted molar refractivity (Wildman–Crippen MR) is 61.5 cm³/mol. The van der Waals surface area contributed by atoms with Crippen molar-refractivity contribution < 1.29 is 26.7 Å². The Morgan fingerprint density at radius 3 is 1.72 bits per heavy atom. The number of hydrogen-bond donors (Lipinski definition) is 0. The van der Waals surface area contributed by atoms with Crippen LogP contribution in [0.15, 0.2) is 29.0 Å². The minimum absolute atomic E-state index is 0.293. The summed E-state index contributed by atoms with van der Waals surface area (Å²) in [6.45, 7) is 0. The topological polar surface area (TPSA) is 40.0 Å². The summed E-state index contributed by atoms with van der Waals surface area (Å²) in [6.07, 6.45) is -4.37. The summed E-state index contributed by atoms with van der Waals surface area (Å²) in [4.78, 5) is 0. The molecule has 0 bridgehead atoms. The molecule has 102 valence electrons. The van der Waals surface area contributed by atoms with Gasteiger partial charge in [0.1, 0.15) is 0 Å². The highest BCUT2D eigenvalue weighted by atomic mass is 31.2. The lowest BCUT2D eigenvalue weighted by Crippen LogP contribution is -2.03. The third-order valence-electron chi connectivity index (χ3n) is 2.12. The van der Waals surface area contributed by atoms with E-state index in [1.54, 1.807) is 0 Å². The molecule has 0 fully saturated rings. The summed E-state index contributed by atoms with van der Waals surface area (Å²) in [5.41, 5.74) is -0.445. The van der Waals surface area contributed by atoms with Gasteiger partial charge in [-0.25, -0.2) is 0 Å². The Morgan fingerprint density at radius 2 is 1.39 bits per heavy atom. The van der Waals surface area contributed by atoms with E-state index < -0.39 is 19.5 Å². The molecule has 0 N–H and O–H groups in total. The fraction of sp³-hybridized carbons (Fsp3) is 0.400. The summed E-state index contributed by atoms with van der Waals surface area (Å²) >= 11 is 0. The van der Waals surface area contributed by atoms with E-state index in [1.165, 1.54) is 33.5 Å². The van der Waals surface area contributed by atoms with Gasteiger partial charge < -0.3 is 13.6 Å². The van der Waals surface area contributed by atoms with Crippen LogP contribution in [0.1, 0.15) is 5.56 Å². The third-order valence-corrected chi connectivity index (χ3v) is 3.98. The monoisotopic (exact) mass is 283 g/mol. The maximum absolute atomic E-state index is 12.4. The van der Waals surface area contributed by atoms with Gasteiger partial charge in [0, 0.05) is 21.3 Å². The van der Waals surface area contributed by atoms with E-state index in [1.807, 2.05) is 0 Å². The van der Waals surface area contributed by atoms with Gasteiger partial charge in [0.05, 0.1) is 11.3 Å². The number of hydrogen-bond acceptors (Lipinski definition) is 4. The molecule has 0 unspecified atom stereocenters. The lowest BCUT2D eigenvalue weighted by molar-refractivity contribution is -0.137. The van der Waals surface area contributed by atoms with Crippen molar-refractivity contribution in [3.8, 4) is 0 Å². The minimum atomic E-state index is -4.37. The van der Waals surface area contributed by atoms with Crippen LogP contribution in [0.2, 0.25) is 0 Å². The van der Waals surface area contributed by atoms with Gasteiger partial charge in [0.25, 0.3) is 0 Å². The van der Waals surface area contributed by atoms with Crippen molar-refractivity contribution >= 4 is 13.4 Å². The average molecular weight is 283 g/mol. The smallest absolute Gasteiger partial charge is 0.306 e. The summed E-state index contributed by atoms with van der Waals surface area (Å²) in [7, 11) is 1.19. The van der Waals surface area contributed by atoms with Gasteiger partial charge >= 0.3 is 13.9 Å². The second kappa shape index (κ2) is 5.84. The van der Waals surface area contributed by atoms with Crippen LogP contribution in [0.25, 0.3) is 0 Å². The lowest BCUT2D eigenvalue weighted by atomic mass is 10.2. The van der Waals surface area contributed by atoms with Crippen molar-refractivity contribution in [2.75, 3.05) is 21.3 Å². The van der Waals surface area contributed by atoms with E-state index >= 15 is 0 Å². The molecule has 0 aliphatic heterocycles. The number of benzene rings is 1. The molecule has 0 heterocycles. The maximum atomic E-state index is 12.4. The van der Waals surface area contributed by atoms with Crippen molar-refractivity contribution in [3.05, 3.63) is 29.8 Å². The number of halogens is 3. The zero-order chi connectivity index (χ0) is 13.8. The van der Waals surface area contributed by atoms with Gasteiger partial charge in [-0.2, -0.15) is 17.9 Å². The Kier molecular flexibility index (Phi) is 4.92. The van der Waals surface area contributed by atoms with Crippen LogP contribution >= 0.6 is 7.74 Å². The van der Waals surface area contributed by atoms with E-state index in [9.17, 15) is 13.2 Å². The van der Waals surface area contributed by atoms with Gasteiger partial charge in [-0.05, 0) is 24.3 Å². The molecule has 0 saturated heterocycles. The summed E-state index contributed by atoms with van der Waals surface area (Å²) in [5, 5.41) is 0. The Bertz CT molecular complexity index is 426. The zero-order valence-corrected chi connectivity index (χ0v) is 11.0. The molecule has 0 aromatic heterocycles. The maximum Gasteiger partial charge on any atom is 0.416 e. The summed E-state index contributed by atoms with van der Waals surface area (Å²) in [5.74, 6) is 0. The lowest BCUT2D eigenvalue weighted by Gasteiger charge is -2.17. The van der Waals surface area contributed by atoms with E-state index in [0.29, 0.717) is 5.69 Å². The van der Waals surface area contributed by atoms with Gasteiger partial charge in [0.2, 0.25) is 0 Å². The summed E-state index contributed by atoms with van der Waals surface area (Å²) < 4.78 is 56.2. The third kappa shape index (κ3) is 3.55. The molecule has 1 rings (SSSR count). The van der Waals surface area contributed by atoms with Crippen LogP contribution in [0.4, 0.5) is 18.9 Å². The van der Waals surface area contributed by atoms with Crippen LogP contribution in [0.5, 0.6) is 0 Å². The second-order valence-corrected chi connectivity index (χ2v) is 5.39. The molecule has 4 nitrogen and oxygen atoms in total. The Hall–Kier alpha value is -0.880. The molecule has 0 aliphatic carbocycles. The normalized spacial score (nSPS) is 12.6. The fourth-order valence-corrected chi connectivity index (χ4v) is 2.31. The van der Waals surface area contributed by atoms with Gasteiger partial charge in [0.15, 0.2) is 0 Å². The van der Waals surface area contributed by atoms with Crippen molar-refractivity contribution in [1.29, 1.82) is 0 Å². The SMILES string of the molecule is COP(=Nc1ccc(C(F)(F)F)cc1)(OC)OC.